The summed E-state index contributed by atoms with van der Waals surface area (Å²) in [5, 5.41) is 0. The minimum Gasteiger partial charge on any atom is -0.487 e. The molecule has 0 aliphatic carbocycles. The number of hydrogen-bond acceptors (Lipinski definition) is 3. The molecule has 0 radical (unpaired) electrons. The molecule has 1 spiro atoms. The monoisotopic (exact) mass is 279 g/mol. The molecule has 1 aromatic carbocycles. The van der Waals surface area contributed by atoms with Crippen LogP contribution in [0.3, 0.4) is 0 Å². The van der Waals surface area contributed by atoms with Gasteiger partial charge in [0.15, 0.2) is 0 Å². The van der Waals surface area contributed by atoms with Crippen LogP contribution in [0.1, 0.15) is 44.7 Å². The van der Waals surface area contributed by atoms with Crippen LogP contribution >= 0.6 is 0 Å². The zero-order valence-corrected chi connectivity index (χ0v) is 12.1. The quantitative estimate of drug-likeness (QED) is 0.858. The first-order chi connectivity index (χ1) is 9.49. The van der Waals surface area contributed by atoms with Crippen molar-refractivity contribution in [2.45, 2.75) is 50.9 Å². The van der Waals surface area contributed by atoms with E-state index in [0.29, 0.717) is 12.5 Å². The summed E-state index contributed by atoms with van der Waals surface area (Å²) < 4.78 is 25.4. The first-order valence-electron chi connectivity index (χ1n) is 7.35. The topological polar surface area (TPSA) is 44.5 Å². The zero-order valence-electron chi connectivity index (χ0n) is 12.1. The van der Waals surface area contributed by atoms with Crippen molar-refractivity contribution in [2.24, 2.45) is 11.7 Å². The lowest BCUT2D eigenvalue weighted by molar-refractivity contribution is -0.115. The summed E-state index contributed by atoms with van der Waals surface area (Å²) in [5.74, 6) is 0.932. The summed E-state index contributed by atoms with van der Waals surface area (Å²) in [6.07, 6.45) is 2.64. The zero-order chi connectivity index (χ0) is 14.3. The molecule has 3 nitrogen and oxygen atoms in total. The number of ether oxygens (including phenoxy) is 2. The average Bonchev–Trinajstić information content (AvgIpc) is 2.40. The van der Waals surface area contributed by atoms with E-state index in [9.17, 15) is 4.39 Å². The van der Waals surface area contributed by atoms with E-state index in [0.717, 1.165) is 30.6 Å². The molecule has 3 rings (SSSR count). The van der Waals surface area contributed by atoms with Gasteiger partial charge in [-0.2, -0.15) is 0 Å². The van der Waals surface area contributed by atoms with Crippen LogP contribution in [-0.2, 0) is 4.74 Å². The molecule has 2 aliphatic heterocycles. The maximum Gasteiger partial charge on any atom is 0.125 e. The van der Waals surface area contributed by atoms with Gasteiger partial charge in [-0.15, -0.1) is 0 Å². The number of fused-ring (bicyclic) bond motifs is 1. The Kier molecular flexibility index (Phi) is 3.46. The van der Waals surface area contributed by atoms with Crippen LogP contribution in [-0.4, -0.2) is 18.3 Å². The molecule has 0 saturated carbocycles. The molecule has 20 heavy (non-hydrogen) atoms. The van der Waals surface area contributed by atoms with E-state index in [1.54, 1.807) is 6.07 Å². The van der Waals surface area contributed by atoms with E-state index < -0.39 is 0 Å². The molecular weight excluding hydrogens is 257 g/mol. The number of hydrogen-bond donors (Lipinski definition) is 1. The summed E-state index contributed by atoms with van der Waals surface area (Å²) >= 11 is 0. The number of benzene rings is 1. The third kappa shape index (κ3) is 2.42. The highest BCUT2D eigenvalue weighted by Crippen LogP contribution is 2.45. The van der Waals surface area contributed by atoms with Crippen LogP contribution in [0.2, 0.25) is 0 Å². The van der Waals surface area contributed by atoms with Gasteiger partial charge in [0.25, 0.3) is 0 Å². The van der Waals surface area contributed by atoms with Crippen molar-refractivity contribution in [2.75, 3.05) is 6.61 Å². The maximum absolute atomic E-state index is 13.3. The Bertz CT molecular complexity index is 505. The molecule has 2 aliphatic rings. The molecule has 0 amide bonds. The molecular formula is C16H22FNO2. The van der Waals surface area contributed by atoms with Gasteiger partial charge in [-0.25, -0.2) is 4.39 Å². The van der Waals surface area contributed by atoms with Gasteiger partial charge in [-0.1, -0.05) is 13.8 Å². The fourth-order valence-electron chi connectivity index (χ4n) is 3.32. The Morgan fingerprint density at radius 1 is 1.35 bits per heavy atom. The molecule has 1 aromatic rings. The Balaban J connectivity index is 1.88. The summed E-state index contributed by atoms with van der Waals surface area (Å²) in [6, 6.07) is 4.46. The highest BCUT2D eigenvalue weighted by Gasteiger charge is 2.44. The van der Waals surface area contributed by atoms with Crippen molar-refractivity contribution < 1.29 is 13.9 Å². The molecule has 1 saturated heterocycles. The van der Waals surface area contributed by atoms with Gasteiger partial charge in [0.1, 0.15) is 17.2 Å². The minimum absolute atomic E-state index is 0.166. The number of nitrogens with two attached hydrogens (primary N) is 1. The third-order valence-corrected chi connectivity index (χ3v) is 4.50. The Morgan fingerprint density at radius 2 is 2.15 bits per heavy atom. The normalized spacial score (nSPS) is 33.0. The Morgan fingerprint density at radius 3 is 2.90 bits per heavy atom. The van der Waals surface area contributed by atoms with Crippen molar-refractivity contribution in [1.29, 1.82) is 0 Å². The predicted molar refractivity (Wildman–Crippen MR) is 75.1 cm³/mol. The van der Waals surface area contributed by atoms with Crippen LogP contribution in [0.15, 0.2) is 18.2 Å². The van der Waals surface area contributed by atoms with Crippen molar-refractivity contribution in [3.63, 3.8) is 0 Å². The summed E-state index contributed by atoms with van der Waals surface area (Å²) in [6.45, 7) is 5.03. The molecule has 3 unspecified atom stereocenters. The van der Waals surface area contributed by atoms with Gasteiger partial charge in [0.2, 0.25) is 0 Å². The Labute approximate surface area is 119 Å². The van der Waals surface area contributed by atoms with Gasteiger partial charge in [0, 0.05) is 30.9 Å². The molecule has 2 heterocycles. The van der Waals surface area contributed by atoms with E-state index in [1.807, 2.05) is 0 Å². The van der Waals surface area contributed by atoms with Crippen molar-refractivity contribution >= 4 is 0 Å². The highest BCUT2D eigenvalue weighted by molar-refractivity contribution is 5.39. The average molecular weight is 279 g/mol. The van der Waals surface area contributed by atoms with E-state index in [1.165, 1.54) is 12.1 Å². The maximum atomic E-state index is 13.3. The molecule has 1 fully saturated rings. The van der Waals surface area contributed by atoms with Gasteiger partial charge < -0.3 is 15.2 Å². The third-order valence-electron chi connectivity index (χ3n) is 4.50. The lowest BCUT2D eigenvalue weighted by atomic mass is 9.78. The fraction of sp³-hybridized carbons (Fsp3) is 0.625. The van der Waals surface area contributed by atoms with Crippen molar-refractivity contribution in [1.82, 2.24) is 0 Å². The summed E-state index contributed by atoms with van der Waals surface area (Å²) in [5.41, 5.74) is 6.78. The van der Waals surface area contributed by atoms with Crippen LogP contribution in [0.4, 0.5) is 4.39 Å². The lowest BCUT2D eigenvalue weighted by Gasteiger charge is -2.46. The van der Waals surface area contributed by atoms with Crippen LogP contribution in [0, 0.1) is 11.7 Å². The standard InChI is InChI=1S/C16H22FNO2/c1-10(2)15-9-16(5-6-19-15)8-13(18)12-7-11(17)3-4-14(12)20-16/h3-4,7,10,13,15H,5-6,8-9,18H2,1-2H3. The van der Waals surface area contributed by atoms with Crippen LogP contribution in [0.5, 0.6) is 5.75 Å². The SMILES string of the molecule is CC(C)C1CC2(CCO1)CC(N)c1cc(F)ccc1O2. The second kappa shape index (κ2) is 5.01. The molecule has 0 bridgehead atoms. The van der Waals surface area contributed by atoms with E-state index >= 15 is 0 Å². The summed E-state index contributed by atoms with van der Waals surface area (Å²) in [7, 11) is 0. The van der Waals surface area contributed by atoms with E-state index in [4.69, 9.17) is 15.2 Å². The second-order valence-corrected chi connectivity index (χ2v) is 6.39. The first kappa shape index (κ1) is 13.8. The first-order valence-corrected chi connectivity index (χ1v) is 7.35. The van der Waals surface area contributed by atoms with Gasteiger partial charge >= 0.3 is 0 Å². The van der Waals surface area contributed by atoms with Gasteiger partial charge in [-0.3, -0.25) is 0 Å². The molecule has 2 N–H and O–H groups in total. The predicted octanol–water partition coefficient (Wildman–Crippen LogP) is 3.18. The smallest absolute Gasteiger partial charge is 0.125 e. The lowest BCUT2D eigenvalue weighted by Crippen LogP contribution is -2.50. The van der Waals surface area contributed by atoms with Crippen LogP contribution in [0.25, 0.3) is 0 Å². The largest absolute Gasteiger partial charge is 0.487 e. The fourth-order valence-corrected chi connectivity index (χ4v) is 3.32. The highest BCUT2D eigenvalue weighted by atomic mass is 19.1. The number of halogens is 1. The van der Waals surface area contributed by atoms with Crippen molar-refractivity contribution in [3.8, 4) is 5.75 Å². The number of rotatable bonds is 1. The molecule has 4 heteroatoms. The van der Waals surface area contributed by atoms with E-state index in [-0.39, 0.29) is 23.6 Å². The molecule has 0 aromatic heterocycles. The van der Waals surface area contributed by atoms with Gasteiger partial charge in [-0.05, 0) is 24.1 Å². The van der Waals surface area contributed by atoms with Crippen LogP contribution < -0.4 is 10.5 Å². The minimum atomic E-state index is -0.259. The summed E-state index contributed by atoms with van der Waals surface area (Å²) in [4.78, 5) is 0. The van der Waals surface area contributed by atoms with E-state index in [2.05, 4.69) is 13.8 Å². The van der Waals surface area contributed by atoms with Gasteiger partial charge in [0.05, 0.1) is 12.7 Å². The Hall–Kier alpha value is -1.13. The van der Waals surface area contributed by atoms with Crippen molar-refractivity contribution in [3.05, 3.63) is 29.6 Å². The second-order valence-electron chi connectivity index (χ2n) is 6.39. The molecule has 3 atom stereocenters. The molecule has 110 valence electrons.